The van der Waals surface area contributed by atoms with Crippen LogP contribution >= 0.6 is 45.3 Å². The Bertz CT molecular complexity index is 2580. The third-order valence-electron chi connectivity index (χ3n) is 9.31. The molecule has 0 fully saturated rings. The van der Waals surface area contributed by atoms with Gasteiger partial charge in [-0.1, -0.05) is 104 Å². The molecule has 7 aromatic rings. The highest BCUT2D eigenvalue weighted by Crippen LogP contribution is 2.51. The van der Waals surface area contributed by atoms with Gasteiger partial charge in [0.2, 0.25) is 0 Å². The molecule has 0 radical (unpaired) electrons. The molecule has 0 spiro atoms. The fourth-order valence-electron chi connectivity index (χ4n) is 7.17. The van der Waals surface area contributed by atoms with Crippen molar-refractivity contribution in [2.75, 3.05) is 0 Å². The van der Waals surface area contributed by atoms with E-state index in [-0.39, 0.29) is 0 Å². The van der Waals surface area contributed by atoms with Gasteiger partial charge in [0, 0.05) is 61.2 Å². The van der Waals surface area contributed by atoms with E-state index in [9.17, 15) is 0 Å². The summed E-state index contributed by atoms with van der Waals surface area (Å²) in [6.45, 7) is 8.91. The largest absolute Gasteiger partial charge is 0.134 e. The Morgan fingerprint density at radius 2 is 1.28 bits per heavy atom. The van der Waals surface area contributed by atoms with Gasteiger partial charge in [-0.2, -0.15) is 0 Å². The van der Waals surface area contributed by atoms with Crippen molar-refractivity contribution in [2.24, 2.45) is 0 Å². The zero-order valence-corrected chi connectivity index (χ0v) is 30.4. The van der Waals surface area contributed by atoms with E-state index < -0.39 is 0 Å². The molecule has 232 valence electrons. The number of hydrogen-bond acceptors (Lipinski definition) is 4. The van der Waals surface area contributed by atoms with Gasteiger partial charge in [0.1, 0.15) is 0 Å². The Morgan fingerprint density at radius 3 is 2.00 bits per heavy atom. The molecule has 0 nitrogen and oxygen atoms in total. The molecule has 0 amide bonds. The average Bonchev–Trinajstić information content (AvgIpc) is 3.88. The summed E-state index contributed by atoms with van der Waals surface area (Å²) >= 11 is 7.89. The molecule has 3 aromatic carbocycles. The molecular weight excluding hydrogens is 645 g/mol. The maximum absolute atomic E-state index is 2.51. The number of fused-ring (bicyclic) bond motifs is 3. The number of rotatable bonds is 6. The van der Waals surface area contributed by atoms with E-state index in [1.165, 1.54) is 92.6 Å². The maximum atomic E-state index is 2.51. The first-order valence-electron chi connectivity index (χ1n) is 16.5. The molecule has 0 N–H and O–H groups in total. The first-order valence-corrected chi connectivity index (χ1v) is 19.8. The molecule has 4 heterocycles. The molecule has 0 bridgehead atoms. The van der Waals surface area contributed by atoms with E-state index in [0.29, 0.717) is 0 Å². The molecule has 0 saturated carbocycles. The minimum atomic E-state index is 1.01. The lowest BCUT2D eigenvalue weighted by atomic mass is 9.94. The van der Waals surface area contributed by atoms with Gasteiger partial charge in [-0.3, -0.25) is 0 Å². The highest BCUT2D eigenvalue weighted by Gasteiger charge is 2.28. The van der Waals surface area contributed by atoms with Gasteiger partial charge in [-0.05, 0) is 73.7 Å². The maximum Gasteiger partial charge on any atom is 0.0548 e. The van der Waals surface area contributed by atoms with E-state index in [1.807, 2.05) is 45.3 Å². The Labute approximate surface area is 292 Å². The van der Waals surface area contributed by atoms with Crippen LogP contribution in [0.1, 0.15) is 52.5 Å². The minimum Gasteiger partial charge on any atom is -0.134 e. The van der Waals surface area contributed by atoms with Crippen molar-refractivity contribution in [3.63, 3.8) is 0 Å². The molecule has 0 unspecified atom stereocenters. The van der Waals surface area contributed by atoms with Crippen molar-refractivity contribution in [2.45, 2.75) is 47.0 Å². The van der Waals surface area contributed by atoms with Gasteiger partial charge in [0.25, 0.3) is 0 Å². The SMILES string of the molecule is CC=C(CC)c1c(-c2c(-c3sc4c(c3-c3sc5ccccc5c3-c3ccccc3)=CCCC=4)sc(=CC)c2=CC)sc2ccccc12. The molecule has 4 heteroatoms. The fraction of sp³-hybridized carbons (Fsp3) is 0.163. The van der Waals surface area contributed by atoms with Gasteiger partial charge in [-0.15, -0.1) is 45.3 Å². The summed E-state index contributed by atoms with van der Waals surface area (Å²) < 4.78 is 5.47. The predicted molar refractivity (Wildman–Crippen MR) is 216 cm³/mol. The first-order chi connectivity index (χ1) is 23.2. The highest BCUT2D eigenvalue weighted by atomic mass is 32.1. The number of thiophene rings is 4. The molecule has 8 rings (SSSR count). The molecule has 1 aliphatic carbocycles. The summed E-state index contributed by atoms with van der Waals surface area (Å²) in [7, 11) is 0. The molecule has 1 aliphatic rings. The summed E-state index contributed by atoms with van der Waals surface area (Å²) in [4.78, 5) is 5.60. The Morgan fingerprint density at radius 1 is 0.617 bits per heavy atom. The topological polar surface area (TPSA) is 0 Å². The summed E-state index contributed by atoms with van der Waals surface area (Å²) in [5.74, 6) is 0. The van der Waals surface area contributed by atoms with E-state index in [1.54, 1.807) is 0 Å². The monoisotopic (exact) mass is 680 g/mol. The summed E-state index contributed by atoms with van der Waals surface area (Å²) in [5, 5.41) is 5.49. The first kappa shape index (κ1) is 30.5. The third-order valence-corrected chi connectivity index (χ3v) is 14.3. The van der Waals surface area contributed by atoms with Gasteiger partial charge >= 0.3 is 0 Å². The van der Waals surface area contributed by atoms with Crippen LogP contribution in [0.5, 0.6) is 0 Å². The molecule has 0 aliphatic heterocycles. The van der Waals surface area contributed by atoms with Crippen LogP contribution in [0.2, 0.25) is 0 Å². The van der Waals surface area contributed by atoms with Crippen LogP contribution in [0, 0.1) is 0 Å². The van der Waals surface area contributed by atoms with Crippen molar-refractivity contribution < 1.29 is 0 Å². The quantitative estimate of drug-likeness (QED) is 0.164. The molecular formula is C43H36S4. The normalized spacial score (nSPS) is 14.2. The van der Waals surface area contributed by atoms with Crippen LogP contribution < -0.4 is 19.5 Å². The Kier molecular flexibility index (Phi) is 8.23. The minimum absolute atomic E-state index is 1.01. The van der Waals surface area contributed by atoms with Crippen LogP contribution in [0.15, 0.2) is 84.9 Å². The van der Waals surface area contributed by atoms with Crippen molar-refractivity contribution in [3.05, 3.63) is 110 Å². The van der Waals surface area contributed by atoms with Gasteiger partial charge in [0.15, 0.2) is 0 Å². The molecule has 47 heavy (non-hydrogen) atoms. The molecule has 0 atom stereocenters. The Hall–Kier alpha value is -3.80. The van der Waals surface area contributed by atoms with Gasteiger partial charge in [-0.25, -0.2) is 0 Å². The van der Waals surface area contributed by atoms with Crippen molar-refractivity contribution in [1.29, 1.82) is 0 Å². The average molecular weight is 681 g/mol. The summed E-state index contributed by atoms with van der Waals surface area (Å²) in [6, 6.07) is 29.0. The second kappa shape index (κ2) is 12.7. The van der Waals surface area contributed by atoms with Crippen LogP contribution in [0.25, 0.3) is 91.8 Å². The van der Waals surface area contributed by atoms with Crippen LogP contribution in [0.3, 0.4) is 0 Å². The van der Waals surface area contributed by atoms with E-state index in [4.69, 9.17) is 0 Å². The lowest BCUT2D eigenvalue weighted by molar-refractivity contribution is 1.13. The van der Waals surface area contributed by atoms with Gasteiger partial charge in [0.05, 0.1) is 9.75 Å². The summed E-state index contributed by atoms with van der Waals surface area (Å²) in [5.41, 5.74) is 8.29. The second-order valence-electron chi connectivity index (χ2n) is 11.9. The second-order valence-corrected chi connectivity index (χ2v) is 16.1. The van der Waals surface area contributed by atoms with E-state index in [0.717, 1.165) is 19.3 Å². The summed E-state index contributed by atoms with van der Waals surface area (Å²) in [6.07, 6.45) is 15.2. The fourth-order valence-corrected chi connectivity index (χ4v) is 12.5. The number of benzene rings is 3. The molecule has 4 aromatic heterocycles. The van der Waals surface area contributed by atoms with Crippen LogP contribution in [-0.2, 0) is 0 Å². The van der Waals surface area contributed by atoms with E-state index in [2.05, 4.69) is 137 Å². The lowest BCUT2D eigenvalue weighted by Crippen LogP contribution is -2.22. The standard InChI is InChI=1S/C43H36S4/c1-5-26(6-2)36-29-20-12-15-23-33(29)45-40(36)38-28(7-3)32(8-4)44-42(38)43-39(31-22-14-17-25-35(31)47-43)41-37(27-18-10-9-11-19-27)30-21-13-16-24-34(30)46-41/h5,7-13,15-16,18-25H,6,14,17H2,1-4H3. The number of hydrogen-bond donors (Lipinski definition) is 0. The number of allylic oxidation sites excluding steroid dienone is 2. The zero-order valence-electron chi connectivity index (χ0n) is 27.1. The zero-order chi connectivity index (χ0) is 32.1. The highest BCUT2D eigenvalue weighted by molar-refractivity contribution is 7.25. The molecule has 0 saturated heterocycles. The third kappa shape index (κ3) is 4.96. The van der Waals surface area contributed by atoms with Gasteiger partial charge < -0.3 is 0 Å². The van der Waals surface area contributed by atoms with E-state index >= 15 is 0 Å². The predicted octanol–water partition coefficient (Wildman–Crippen LogP) is 11.7. The lowest BCUT2D eigenvalue weighted by Gasteiger charge is -2.11. The van der Waals surface area contributed by atoms with Crippen LogP contribution in [-0.4, -0.2) is 0 Å². The Balaban J connectivity index is 1.53. The van der Waals surface area contributed by atoms with Crippen LogP contribution in [0.4, 0.5) is 0 Å². The van der Waals surface area contributed by atoms with Crippen molar-refractivity contribution in [1.82, 2.24) is 0 Å². The smallest absolute Gasteiger partial charge is 0.0548 e. The van der Waals surface area contributed by atoms with Crippen molar-refractivity contribution in [3.8, 4) is 41.8 Å². The van der Waals surface area contributed by atoms with Crippen molar-refractivity contribution >= 4 is 95.4 Å².